The van der Waals surface area contributed by atoms with Gasteiger partial charge in [0.05, 0.1) is 6.54 Å². The molecule has 1 atom stereocenters. The lowest BCUT2D eigenvalue weighted by Gasteiger charge is -2.28. The molecule has 1 aliphatic heterocycles. The molecule has 1 heterocycles. The lowest BCUT2D eigenvalue weighted by atomic mass is 10.2. The number of likely N-dealkylation sites (tertiary alicyclic amines) is 1. The molecule has 0 aromatic heterocycles. The third kappa shape index (κ3) is 6.06. The Morgan fingerprint density at radius 3 is 2.50 bits per heavy atom. The maximum Gasteiger partial charge on any atom is 0.410 e. The van der Waals surface area contributed by atoms with Crippen LogP contribution in [-0.4, -0.2) is 47.5 Å². The maximum atomic E-state index is 12.4. The molecular formula is C19H27N3O4. The minimum absolute atomic E-state index is 0.121. The number of rotatable bonds is 5. The first kappa shape index (κ1) is 19.8. The van der Waals surface area contributed by atoms with Gasteiger partial charge in [-0.05, 0) is 39.2 Å². The van der Waals surface area contributed by atoms with Gasteiger partial charge in [0, 0.05) is 13.1 Å². The number of nitrogens with one attached hydrogen (secondary N) is 2. The Bertz CT molecular complexity index is 640. The van der Waals surface area contributed by atoms with Crippen molar-refractivity contribution in [2.75, 3.05) is 13.1 Å². The van der Waals surface area contributed by atoms with E-state index < -0.39 is 17.7 Å². The van der Waals surface area contributed by atoms with Crippen molar-refractivity contribution in [3.8, 4) is 0 Å². The third-order valence-electron chi connectivity index (χ3n) is 3.94. The van der Waals surface area contributed by atoms with Crippen LogP contribution in [0, 0.1) is 0 Å². The molecule has 2 rings (SSSR count). The van der Waals surface area contributed by atoms with Crippen LogP contribution in [0.4, 0.5) is 4.79 Å². The van der Waals surface area contributed by atoms with Crippen LogP contribution in [0.15, 0.2) is 30.3 Å². The predicted molar refractivity (Wildman–Crippen MR) is 97.3 cm³/mol. The first-order valence-electron chi connectivity index (χ1n) is 8.84. The number of ether oxygens (including phenoxy) is 1. The number of hydrogen-bond acceptors (Lipinski definition) is 4. The Hall–Kier alpha value is -2.57. The smallest absolute Gasteiger partial charge is 0.410 e. The zero-order chi connectivity index (χ0) is 19.2. The van der Waals surface area contributed by atoms with Crippen molar-refractivity contribution in [1.82, 2.24) is 15.5 Å². The van der Waals surface area contributed by atoms with Crippen molar-refractivity contribution >= 4 is 17.9 Å². The molecular weight excluding hydrogens is 334 g/mol. The molecule has 1 saturated heterocycles. The van der Waals surface area contributed by atoms with Crippen LogP contribution < -0.4 is 10.6 Å². The van der Waals surface area contributed by atoms with Crippen LogP contribution in [-0.2, 0) is 20.9 Å². The fraction of sp³-hybridized carbons (Fsp3) is 0.526. The van der Waals surface area contributed by atoms with Crippen LogP contribution in [0.25, 0.3) is 0 Å². The highest BCUT2D eigenvalue weighted by Gasteiger charge is 2.36. The lowest BCUT2D eigenvalue weighted by molar-refractivity contribution is -0.128. The van der Waals surface area contributed by atoms with Gasteiger partial charge in [-0.25, -0.2) is 4.79 Å². The lowest BCUT2D eigenvalue weighted by Crippen LogP contribution is -2.49. The van der Waals surface area contributed by atoms with Crippen molar-refractivity contribution in [2.45, 2.75) is 51.8 Å². The Labute approximate surface area is 154 Å². The van der Waals surface area contributed by atoms with Gasteiger partial charge in [0.15, 0.2) is 0 Å². The van der Waals surface area contributed by atoms with Crippen molar-refractivity contribution in [3.05, 3.63) is 35.9 Å². The van der Waals surface area contributed by atoms with Crippen LogP contribution in [0.3, 0.4) is 0 Å². The van der Waals surface area contributed by atoms with Gasteiger partial charge in [0.2, 0.25) is 11.8 Å². The summed E-state index contributed by atoms with van der Waals surface area (Å²) >= 11 is 0. The molecule has 26 heavy (non-hydrogen) atoms. The van der Waals surface area contributed by atoms with E-state index in [1.807, 2.05) is 30.3 Å². The number of nitrogens with zero attached hydrogens (tertiary/aromatic N) is 1. The quantitative estimate of drug-likeness (QED) is 0.837. The number of hydrogen-bond donors (Lipinski definition) is 2. The molecule has 0 spiro atoms. The van der Waals surface area contributed by atoms with Gasteiger partial charge in [0.1, 0.15) is 11.6 Å². The molecule has 7 nitrogen and oxygen atoms in total. The molecule has 1 aromatic carbocycles. The van der Waals surface area contributed by atoms with E-state index in [1.54, 1.807) is 20.8 Å². The zero-order valence-corrected chi connectivity index (χ0v) is 15.6. The summed E-state index contributed by atoms with van der Waals surface area (Å²) in [5.74, 6) is -0.604. The molecule has 0 bridgehead atoms. The highest BCUT2D eigenvalue weighted by Crippen LogP contribution is 2.20. The predicted octanol–water partition coefficient (Wildman–Crippen LogP) is 1.82. The second-order valence-electron chi connectivity index (χ2n) is 7.31. The third-order valence-corrected chi connectivity index (χ3v) is 3.94. The van der Waals surface area contributed by atoms with Crippen LogP contribution in [0.5, 0.6) is 0 Å². The zero-order valence-electron chi connectivity index (χ0n) is 15.6. The Balaban J connectivity index is 1.79. The minimum Gasteiger partial charge on any atom is -0.444 e. The largest absolute Gasteiger partial charge is 0.444 e. The van der Waals surface area contributed by atoms with E-state index in [2.05, 4.69) is 10.6 Å². The van der Waals surface area contributed by atoms with Crippen molar-refractivity contribution in [3.63, 3.8) is 0 Å². The van der Waals surface area contributed by atoms with Crippen molar-refractivity contribution < 1.29 is 19.1 Å². The molecule has 1 fully saturated rings. The molecule has 0 aliphatic carbocycles. The van der Waals surface area contributed by atoms with Gasteiger partial charge in [-0.15, -0.1) is 0 Å². The summed E-state index contributed by atoms with van der Waals surface area (Å²) in [6.45, 7) is 6.12. The summed E-state index contributed by atoms with van der Waals surface area (Å²) < 4.78 is 5.34. The summed E-state index contributed by atoms with van der Waals surface area (Å²) in [7, 11) is 0. The summed E-state index contributed by atoms with van der Waals surface area (Å²) in [6.07, 6.45) is 0.803. The molecule has 142 valence electrons. The maximum absolute atomic E-state index is 12.4. The van der Waals surface area contributed by atoms with Gasteiger partial charge in [0.25, 0.3) is 0 Å². The first-order chi connectivity index (χ1) is 12.3. The molecule has 0 saturated carbocycles. The number of carbonyl (C=O) groups excluding carboxylic acids is 3. The first-order valence-corrected chi connectivity index (χ1v) is 8.84. The number of amides is 3. The molecule has 1 aliphatic rings. The van der Waals surface area contributed by atoms with Crippen LogP contribution >= 0.6 is 0 Å². The normalized spacial score (nSPS) is 16.9. The van der Waals surface area contributed by atoms with E-state index in [9.17, 15) is 14.4 Å². The Morgan fingerprint density at radius 2 is 1.85 bits per heavy atom. The topological polar surface area (TPSA) is 87.7 Å². The van der Waals surface area contributed by atoms with Crippen molar-refractivity contribution in [2.24, 2.45) is 0 Å². The molecule has 7 heteroatoms. The van der Waals surface area contributed by atoms with Gasteiger partial charge >= 0.3 is 6.09 Å². The average molecular weight is 361 g/mol. The van der Waals surface area contributed by atoms with Crippen LogP contribution in [0.2, 0.25) is 0 Å². The highest BCUT2D eigenvalue weighted by molar-refractivity contribution is 5.89. The van der Waals surface area contributed by atoms with Gasteiger partial charge in [-0.2, -0.15) is 0 Å². The Kier molecular flexibility index (Phi) is 6.60. The number of benzene rings is 1. The molecule has 1 unspecified atom stereocenters. The fourth-order valence-corrected chi connectivity index (χ4v) is 2.72. The molecule has 0 radical (unpaired) electrons. The van der Waals surface area contributed by atoms with E-state index in [0.29, 0.717) is 19.5 Å². The minimum atomic E-state index is -0.613. The van der Waals surface area contributed by atoms with E-state index in [0.717, 1.165) is 12.0 Å². The van der Waals surface area contributed by atoms with E-state index >= 15 is 0 Å². The fourth-order valence-electron chi connectivity index (χ4n) is 2.72. The molecule has 3 amide bonds. The standard InChI is InChI=1S/C19H27N3O4/c1-19(2,3)26-18(25)22-11-7-10-15(22)17(24)21-13-16(23)20-12-14-8-5-4-6-9-14/h4-6,8-9,15H,7,10-13H2,1-3H3,(H,20,23)(H,21,24). The van der Waals surface area contributed by atoms with Crippen LogP contribution in [0.1, 0.15) is 39.2 Å². The second-order valence-corrected chi connectivity index (χ2v) is 7.31. The number of carbonyl (C=O) groups is 3. The molecule has 2 N–H and O–H groups in total. The highest BCUT2D eigenvalue weighted by atomic mass is 16.6. The summed E-state index contributed by atoms with van der Waals surface area (Å²) in [5, 5.41) is 5.36. The summed E-state index contributed by atoms with van der Waals surface area (Å²) in [5.41, 5.74) is 0.372. The van der Waals surface area contributed by atoms with Gasteiger partial charge < -0.3 is 15.4 Å². The Morgan fingerprint density at radius 1 is 1.15 bits per heavy atom. The second kappa shape index (κ2) is 8.69. The summed E-state index contributed by atoms with van der Waals surface area (Å²) in [6, 6.07) is 8.94. The van der Waals surface area contributed by atoms with E-state index in [-0.39, 0.29) is 18.4 Å². The summed E-state index contributed by atoms with van der Waals surface area (Å²) in [4.78, 5) is 37.9. The van der Waals surface area contributed by atoms with Gasteiger partial charge in [-0.3, -0.25) is 14.5 Å². The van der Waals surface area contributed by atoms with E-state index in [1.165, 1.54) is 4.90 Å². The van der Waals surface area contributed by atoms with Crippen molar-refractivity contribution in [1.29, 1.82) is 0 Å². The van der Waals surface area contributed by atoms with Gasteiger partial charge in [-0.1, -0.05) is 30.3 Å². The van der Waals surface area contributed by atoms with E-state index in [4.69, 9.17) is 4.74 Å². The monoisotopic (exact) mass is 361 g/mol. The SMILES string of the molecule is CC(C)(C)OC(=O)N1CCCC1C(=O)NCC(=O)NCc1ccccc1. The average Bonchev–Trinajstić information content (AvgIpc) is 3.07. The molecule has 1 aromatic rings.